The van der Waals surface area contributed by atoms with E-state index in [-0.39, 0.29) is 18.5 Å². The van der Waals surface area contributed by atoms with Gasteiger partial charge in [0, 0.05) is 18.0 Å². The first-order valence-electron chi connectivity index (χ1n) is 5.73. The van der Waals surface area contributed by atoms with Gasteiger partial charge in [-0.25, -0.2) is 0 Å². The number of aliphatic hydroxyl groups is 1. The average molecular weight is 255 g/mol. The largest absolute Gasteiger partial charge is 0.394 e. The van der Waals surface area contributed by atoms with Gasteiger partial charge in [-0.15, -0.1) is 11.3 Å². The molecule has 0 aliphatic carbocycles. The van der Waals surface area contributed by atoms with E-state index in [0.29, 0.717) is 19.7 Å². The number of ether oxygens (including phenoxy) is 1. The van der Waals surface area contributed by atoms with E-state index in [1.807, 2.05) is 24.0 Å². The van der Waals surface area contributed by atoms with Gasteiger partial charge in [-0.1, -0.05) is 0 Å². The summed E-state index contributed by atoms with van der Waals surface area (Å²) < 4.78 is 5.35. The van der Waals surface area contributed by atoms with Crippen molar-refractivity contribution in [3.63, 3.8) is 0 Å². The Bertz CT molecular complexity index is 391. The quantitative estimate of drug-likeness (QED) is 0.813. The normalized spacial score (nSPS) is 21.6. The van der Waals surface area contributed by atoms with Crippen LogP contribution >= 0.6 is 11.3 Å². The molecule has 1 aromatic heterocycles. The fourth-order valence-corrected chi connectivity index (χ4v) is 2.70. The molecule has 1 fully saturated rings. The fourth-order valence-electron chi connectivity index (χ4n) is 1.90. The van der Waals surface area contributed by atoms with Gasteiger partial charge in [0.05, 0.1) is 30.7 Å². The predicted molar refractivity (Wildman–Crippen MR) is 66.7 cm³/mol. The number of hydrogen-bond acceptors (Lipinski definition) is 5. The number of carbonyl (C=O) groups is 1. The number of rotatable bonds is 4. The van der Waals surface area contributed by atoms with E-state index in [1.54, 1.807) is 0 Å². The maximum atomic E-state index is 12.0. The van der Waals surface area contributed by atoms with Gasteiger partial charge >= 0.3 is 0 Å². The summed E-state index contributed by atoms with van der Waals surface area (Å²) in [6.07, 6.45) is -0.151. The molecule has 1 unspecified atom stereocenters. The summed E-state index contributed by atoms with van der Waals surface area (Å²) in [6.45, 7) is 4.40. The highest BCUT2D eigenvalue weighted by molar-refractivity contribution is 7.14. The Balaban J connectivity index is 1.90. The number of nitrogens with zero attached hydrogens (tertiary/aromatic N) is 1. The third-order valence-electron chi connectivity index (χ3n) is 2.81. The van der Waals surface area contributed by atoms with Gasteiger partial charge in [-0.3, -0.25) is 9.69 Å². The second-order valence-corrected chi connectivity index (χ2v) is 5.53. The van der Waals surface area contributed by atoms with E-state index in [9.17, 15) is 4.79 Å². The molecule has 94 valence electrons. The van der Waals surface area contributed by atoms with Crippen LogP contribution in [-0.2, 0) is 4.74 Å². The SMILES string of the molecule is Cc1ccc(C(=O)CN2CCOC(CO)C2)s1. The molecule has 1 aliphatic rings. The lowest BCUT2D eigenvalue weighted by Crippen LogP contribution is -2.45. The van der Waals surface area contributed by atoms with E-state index in [1.165, 1.54) is 11.3 Å². The summed E-state index contributed by atoms with van der Waals surface area (Å²) in [6, 6.07) is 3.85. The van der Waals surface area contributed by atoms with Gasteiger partial charge in [-0.2, -0.15) is 0 Å². The minimum atomic E-state index is -0.151. The number of morpholine rings is 1. The number of thiophene rings is 1. The van der Waals surface area contributed by atoms with E-state index in [2.05, 4.69) is 0 Å². The van der Waals surface area contributed by atoms with Crippen molar-refractivity contribution in [2.75, 3.05) is 32.8 Å². The van der Waals surface area contributed by atoms with E-state index in [4.69, 9.17) is 9.84 Å². The standard InChI is InChI=1S/C12H17NO3S/c1-9-2-3-12(17-9)11(15)7-13-4-5-16-10(6-13)8-14/h2-3,10,14H,4-8H2,1H3. The van der Waals surface area contributed by atoms with Gasteiger partial charge in [0.15, 0.2) is 5.78 Å². The molecule has 0 radical (unpaired) electrons. The third-order valence-corrected chi connectivity index (χ3v) is 3.85. The molecule has 17 heavy (non-hydrogen) atoms. The lowest BCUT2D eigenvalue weighted by molar-refractivity contribution is -0.0503. The first-order chi connectivity index (χ1) is 8.19. The van der Waals surface area contributed by atoms with E-state index < -0.39 is 0 Å². The molecule has 2 rings (SSSR count). The molecule has 5 heteroatoms. The van der Waals surface area contributed by atoms with Crippen molar-refractivity contribution in [1.29, 1.82) is 0 Å². The van der Waals surface area contributed by atoms with Crippen LogP contribution in [0, 0.1) is 6.92 Å². The topological polar surface area (TPSA) is 49.8 Å². The van der Waals surface area contributed by atoms with Crippen LogP contribution < -0.4 is 0 Å². The van der Waals surface area contributed by atoms with Crippen molar-refractivity contribution in [1.82, 2.24) is 4.90 Å². The molecular weight excluding hydrogens is 238 g/mol. The van der Waals surface area contributed by atoms with Crippen LogP contribution in [-0.4, -0.2) is 54.7 Å². The lowest BCUT2D eigenvalue weighted by Gasteiger charge is -2.31. The zero-order valence-corrected chi connectivity index (χ0v) is 10.7. The summed E-state index contributed by atoms with van der Waals surface area (Å²) in [7, 11) is 0. The molecule has 0 spiro atoms. The number of hydrogen-bond donors (Lipinski definition) is 1. The number of carbonyl (C=O) groups excluding carboxylic acids is 1. The van der Waals surface area contributed by atoms with Gasteiger partial charge in [0.25, 0.3) is 0 Å². The van der Waals surface area contributed by atoms with Gasteiger partial charge < -0.3 is 9.84 Å². The summed E-state index contributed by atoms with van der Waals surface area (Å²) in [5, 5.41) is 9.03. The van der Waals surface area contributed by atoms with E-state index >= 15 is 0 Å². The molecule has 1 N–H and O–H groups in total. The average Bonchev–Trinajstić information content (AvgIpc) is 2.76. The first kappa shape index (κ1) is 12.7. The Hall–Kier alpha value is -0.750. The molecule has 1 aliphatic heterocycles. The molecule has 0 bridgehead atoms. The van der Waals surface area contributed by atoms with Crippen LogP contribution in [0.3, 0.4) is 0 Å². The zero-order valence-electron chi connectivity index (χ0n) is 9.89. The molecular formula is C12H17NO3S. The van der Waals surface area contributed by atoms with Crippen LogP contribution in [0.1, 0.15) is 14.5 Å². The Morgan fingerprint density at radius 1 is 1.65 bits per heavy atom. The van der Waals surface area contributed by atoms with Crippen LogP contribution in [0.25, 0.3) is 0 Å². The summed E-state index contributed by atoms with van der Waals surface area (Å²) in [5.74, 6) is 0.154. The predicted octanol–water partition coefficient (Wildman–Crippen LogP) is 0.932. The fraction of sp³-hybridized carbons (Fsp3) is 0.583. The van der Waals surface area contributed by atoms with Crippen LogP contribution in [0.2, 0.25) is 0 Å². The smallest absolute Gasteiger partial charge is 0.186 e. The maximum absolute atomic E-state index is 12.0. The zero-order chi connectivity index (χ0) is 12.3. The van der Waals surface area contributed by atoms with Crippen molar-refractivity contribution in [3.05, 3.63) is 21.9 Å². The highest BCUT2D eigenvalue weighted by atomic mass is 32.1. The molecule has 1 saturated heterocycles. The second kappa shape index (κ2) is 5.73. The molecule has 0 aromatic carbocycles. The van der Waals surface area contributed by atoms with Crippen molar-refractivity contribution in [2.45, 2.75) is 13.0 Å². The number of aliphatic hydroxyl groups excluding tert-OH is 1. The third kappa shape index (κ3) is 3.35. The van der Waals surface area contributed by atoms with Crippen molar-refractivity contribution in [3.8, 4) is 0 Å². The highest BCUT2D eigenvalue weighted by Gasteiger charge is 2.22. The highest BCUT2D eigenvalue weighted by Crippen LogP contribution is 2.16. The Morgan fingerprint density at radius 3 is 3.12 bits per heavy atom. The van der Waals surface area contributed by atoms with Gasteiger partial charge in [0.1, 0.15) is 0 Å². The maximum Gasteiger partial charge on any atom is 0.186 e. The molecule has 1 aromatic rings. The molecule has 0 amide bonds. The number of ketones is 1. The molecule has 1 atom stereocenters. The summed E-state index contributed by atoms with van der Waals surface area (Å²) in [4.78, 5) is 16.0. The Labute approximate surface area is 105 Å². The monoisotopic (exact) mass is 255 g/mol. The second-order valence-electron chi connectivity index (χ2n) is 4.24. The number of Topliss-reactive ketones (excluding diaryl/α,β-unsaturated/α-hetero) is 1. The lowest BCUT2D eigenvalue weighted by atomic mass is 10.2. The van der Waals surface area contributed by atoms with Crippen molar-refractivity contribution in [2.24, 2.45) is 0 Å². The minimum absolute atomic E-state index is 0.0167. The number of aryl methyl sites for hydroxylation is 1. The Kier molecular flexibility index (Phi) is 4.28. The van der Waals surface area contributed by atoms with Crippen LogP contribution in [0.5, 0.6) is 0 Å². The first-order valence-corrected chi connectivity index (χ1v) is 6.55. The van der Waals surface area contributed by atoms with Crippen LogP contribution in [0.4, 0.5) is 0 Å². The van der Waals surface area contributed by atoms with Gasteiger partial charge in [0.2, 0.25) is 0 Å². The molecule has 2 heterocycles. The van der Waals surface area contributed by atoms with Crippen molar-refractivity contribution >= 4 is 17.1 Å². The summed E-state index contributed by atoms with van der Waals surface area (Å²) in [5.41, 5.74) is 0. The Morgan fingerprint density at radius 2 is 2.47 bits per heavy atom. The summed E-state index contributed by atoms with van der Waals surface area (Å²) >= 11 is 1.53. The van der Waals surface area contributed by atoms with E-state index in [0.717, 1.165) is 16.3 Å². The minimum Gasteiger partial charge on any atom is -0.394 e. The molecule has 0 saturated carbocycles. The van der Waals surface area contributed by atoms with Crippen molar-refractivity contribution < 1.29 is 14.6 Å². The van der Waals surface area contributed by atoms with Crippen LogP contribution in [0.15, 0.2) is 12.1 Å². The molecule has 4 nitrogen and oxygen atoms in total. The van der Waals surface area contributed by atoms with Gasteiger partial charge in [-0.05, 0) is 19.1 Å².